The molecule has 1 fully saturated rings. The molecule has 5 nitrogen and oxygen atoms in total. The summed E-state index contributed by atoms with van der Waals surface area (Å²) in [5, 5.41) is 0. The summed E-state index contributed by atoms with van der Waals surface area (Å²) in [5.41, 5.74) is 0.950. The van der Waals surface area contributed by atoms with Crippen LogP contribution in [0.25, 0.3) is 0 Å². The van der Waals surface area contributed by atoms with E-state index in [9.17, 15) is 4.79 Å². The van der Waals surface area contributed by atoms with Crippen molar-refractivity contribution in [3.05, 3.63) is 18.2 Å². The Kier molecular flexibility index (Phi) is 4.14. The van der Waals surface area contributed by atoms with Crippen LogP contribution in [0.3, 0.4) is 0 Å². The molecule has 19 heavy (non-hydrogen) atoms. The molecule has 0 bridgehead atoms. The van der Waals surface area contributed by atoms with E-state index in [4.69, 9.17) is 14.2 Å². The van der Waals surface area contributed by atoms with Crippen molar-refractivity contribution in [2.75, 3.05) is 32.8 Å². The average molecular weight is 265 g/mol. The second-order valence-electron chi connectivity index (χ2n) is 4.41. The van der Waals surface area contributed by atoms with E-state index in [-0.39, 0.29) is 12.0 Å². The largest absolute Gasteiger partial charge is 0.493 e. The first kappa shape index (κ1) is 13.5. The highest BCUT2D eigenvalue weighted by atomic mass is 16.5. The fraction of sp³-hybridized carbons (Fsp3) is 0.500. The van der Waals surface area contributed by atoms with Crippen LogP contribution in [-0.2, 0) is 9.53 Å². The number of hydrogen-bond acceptors (Lipinski definition) is 5. The molecular formula is C14H19NO4. The molecule has 1 atom stereocenters. The molecule has 0 N–H and O–H groups in total. The summed E-state index contributed by atoms with van der Waals surface area (Å²) >= 11 is 0. The molecule has 1 aliphatic rings. The van der Waals surface area contributed by atoms with Gasteiger partial charge in [-0.25, -0.2) is 4.79 Å². The van der Waals surface area contributed by atoms with Crippen LogP contribution in [0.5, 0.6) is 11.5 Å². The molecule has 1 aromatic carbocycles. The summed E-state index contributed by atoms with van der Waals surface area (Å²) in [6.07, 6.45) is 1.80. The van der Waals surface area contributed by atoms with Crippen molar-refractivity contribution in [3.8, 4) is 11.5 Å². The van der Waals surface area contributed by atoms with Crippen LogP contribution in [-0.4, -0.2) is 39.9 Å². The van der Waals surface area contributed by atoms with Crippen LogP contribution >= 0.6 is 0 Å². The van der Waals surface area contributed by atoms with E-state index in [1.807, 2.05) is 23.1 Å². The molecule has 1 saturated heterocycles. The lowest BCUT2D eigenvalue weighted by atomic mass is 10.2. The quantitative estimate of drug-likeness (QED) is 0.777. The van der Waals surface area contributed by atoms with Gasteiger partial charge < -0.3 is 19.1 Å². The molecule has 0 aromatic heterocycles. The van der Waals surface area contributed by atoms with E-state index in [1.54, 1.807) is 14.2 Å². The molecule has 1 unspecified atom stereocenters. The first-order chi connectivity index (χ1) is 9.21. The maximum absolute atomic E-state index is 11.8. The van der Waals surface area contributed by atoms with E-state index in [2.05, 4.69) is 0 Å². The summed E-state index contributed by atoms with van der Waals surface area (Å²) < 4.78 is 15.4. The van der Waals surface area contributed by atoms with Gasteiger partial charge in [-0.05, 0) is 25.0 Å². The van der Waals surface area contributed by atoms with Gasteiger partial charge in [-0.15, -0.1) is 0 Å². The number of methoxy groups -OCH3 is 3. The van der Waals surface area contributed by atoms with Gasteiger partial charge in [0.2, 0.25) is 0 Å². The topological polar surface area (TPSA) is 48.0 Å². The Morgan fingerprint density at radius 1 is 1.21 bits per heavy atom. The number of rotatable bonds is 4. The van der Waals surface area contributed by atoms with E-state index in [0.29, 0.717) is 11.5 Å². The molecule has 5 heteroatoms. The fourth-order valence-corrected chi connectivity index (χ4v) is 2.46. The number of carbonyl (C=O) groups is 1. The Morgan fingerprint density at radius 2 is 1.95 bits per heavy atom. The summed E-state index contributed by atoms with van der Waals surface area (Å²) in [6, 6.07) is 5.46. The van der Waals surface area contributed by atoms with Gasteiger partial charge in [-0.2, -0.15) is 0 Å². The third-order valence-corrected chi connectivity index (χ3v) is 3.42. The Bertz CT molecular complexity index is 461. The van der Waals surface area contributed by atoms with Crippen molar-refractivity contribution in [1.29, 1.82) is 0 Å². The van der Waals surface area contributed by atoms with Gasteiger partial charge in [-0.3, -0.25) is 0 Å². The summed E-state index contributed by atoms with van der Waals surface area (Å²) in [6.45, 7) is 0.843. The number of anilines is 1. The smallest absolute Gasteiger partial charge is 0.328 e. The molecule has 104 valence electrons. The van der Waals surface area contributed by atoms with Crippen LogP contribution in [0.1, 0.15) is 12.8 Å². The maximum atomic E-state index is 11.8. The lowest BCUT2D eigenvalue weighted by molar-refractivity contribution is -0.141. The number of esters is 1. The molecular weight excluding hydrogens is 246 g/mol. The molecule has 0 aliphatic carbocycles. The third kappa shape index (κ3) is 2.59. The minimum absolute atomic E-state index is 0.188. The number of nitrogens with zero attached hydrogens (tertiary/aromatic N) is 1. The van der Waals surface area contributed by atoms with Crippen LogP contribution in [0.2, 0.25) is 0 Å². The van der Waals surface area contributed by atoms with Crippen molar-refractivity contribution in [2.24, 2.45) is 0 Å². The predicted octanol–water partition coefficient (Wildman–Crippen LogP) is 1.85. The number of hydrogen-bond donors (Lipinski definition) is 0. The van der Waals surface area contributed by atoms with Crippen LogP contribution in [0.4, 0.5) is 5.69 Å². The average Bonchev–Trinajstić information content (AvgIpc) is 2.95. The van der Waals surface area contributed by atoms with E-state index < -0.39 is 0 Å². The number of ether oxygens (including phenoxy) is 3. The Balaban J connectivity index is 2.28. The fourth-order valence-electron chi connectivity index (χ4n) is 2.46. The molecule has 1 heterocycles. The van der Waals surface area contributed by atoms with Gasteiger partial charge in [-0.1, -0.05) is 0 Å². The van der Waals surface area contributed by atoms with E-state index in [0.717, 1.165) is 25.1 Å². The molecule has 0 radical (unpaired) electrons. The summed E-state index contributed by atoms with van der Waals surface area (Å²) in [5.74, 6) is 1.16. The van der Waals surface area contributed by atoms with Crippen LogP contribution in [0, 0.1) is 0 Å². The van der Waals surface area contributed by atoms with E-state index >= 15 is 0 Å². The molecule has 0 saturated carbocycles. The van der Waals surface area contributed by atoms with Crippen molar-refractivity contribution < 1.29 is 19.0 Å². The van der Waals surface area contributed by atoms with Crippen molar-refractivity contribution in [1.82, 2.24) is 0 Å². The highest BCUT2D eigenvalue weighted by Crippen LogP contribution is 2.34. The monoisotopic (exact) mass is 265 g/mol. The van der Waals surface area contributed by atoms with Gasteiger partial charge in [0.15, 0.2) is 11.5 Å². The molecule has 1 aromatic rings. The number of carbonyl (C=O) groups excluding carboxylic acids is 1. The zero-order valence-electron chi connectivity index (χ0n) is 11.5. The minimum Gasteiger partial charge on any atom is -0.493 e. The Labute approximate surface area is 113 Å². The zero-order valence-corrected chi connectivity index (χ0v) is 11.5. The van der Waals surface area contributed by atoms with Gasteiger partial charge in [0.05, 0.1) is 21.3 Å². The van der Waals surface area contributed by atoms with Crippen molar-refractivity contribution >= 4 is 11.7 Å². The third-order valence-electron chi connectivity index (χ3n) is 3.42. The second kappa shape index (κ2) is 5.82. The van der Waals surface area contributed by atoms with Gasteiger partial charge in [0.25, 0.3) is 0 Å². The standard InChI is InChI=1S/C14H19NO4/c1-17-12-7-6-10(9-13(12)18-2)15-8-4-5-11(15)14(16)19-3/h6-7,9,11H,4-5,8H2,1-3H3. The molecule has 0 spiro atoms. The molecule has 0 amide bonds. The first-order valence-corrected chi connectivity index (χ1v) is 6.27. The lowest BCUT2D eigenvalue weighted by Gasteiger charge is -2.25. The first-order valence-electron chi connectivity index (χ1n) is 6.27. The highest BCUT2D eigenvalue weighted by Gasteiger charge is 2.32. The van der Waals surface area contributed by atoms with Crippen LogP contribution in [0.15, 0.2) is 18.2 Å². The SMILES string of the molecule is COC(=O)C1CCCN1c1ccc(OC)c(OC)c1. The van der Waals surface area contributed by atoms with Crippen molar-refractivity contribution in [2.45, 2.75) is 18.9 Å². The van der Waals surface area contributed by atoms with Gasteiger partial charge >= 0.3 is 5.97 Å². The normalized spacial score (nSPS) is 18.3. The Hall–Kier alpha value is -1.91. The zero-order chi connectivity index (χ0) is 13.8. The predicted molar refractivity (Wildman–Crippen MR) is 71.9 cm³/mol. The summed E-state index contributed by atoms with van der Waals surface area (Å²) in [7, 11) is 4.63. The maximum Gasteiger partial charge on any atom is 0.328 e. The Morgan fingerprint density at radius 3 is 2.58 bits per heavy atom. The van der Waals surface area contributed by atoms with Gasteiger partial charge in [0, 0.05) is 18.3 Å². The van der Waals surface area contributed by atoms with Crippen LogP contribution < -0.4 is 14.4 Å². The van der Waals surface area contributed by atoms with Crippen molar-refractivity contribution in [3.63, 3.8) is 0 Å². The molecule has 2 rings (SSSR count). The van der Waals surface area contributed by atoms with E-state index in [1.165, 1.54) is 7.11 Å². The van der Waals surface area contributed by atoms with Gasteiger partial charge in [0.1, 0.15) is 6.04 Å². The molecule has 1 aliphatic heterocycles. The highest BCUT2D eigenvalue weighted by molar-refractivity contribution is 5.81. The number of benzene rings is 1. The second-order valence-corrected chi connectivity index (χ2v) is 4.41. The lowest BCUT2D eigenvalue weighted by Crippen LogP contribution is -2.36. The summed E-state index contributed by atoms with van der Waals surface area (Å²) in [4.78, 5) is 13.8. The minimum atomic E-state index is -0.205.